The monoisotopic (exact) mass is 226 g/mol. The highest BCUT2D eigenvalue weighted by molar-refractivity contribution is 5.79. The van der Waals surface area contributed by atoms with Gasteiger partial charge in [0.25, 0.3) is 0 Å². The number of nitrogens with two attached hydrogens (primary N) is 1. The van der Waals surface area contributed by atoms with Crippen molar-refractivity contribution in [2.75, 3.05) is 13.1 Å². The number of amides is 1. The quantitative estimate of drug-likeness (QED) is 0.742. The second-order valence-corrected chi connectivity index (χ2v) is 6.30. The summed E-state index contributed by atoms with van der Waals surface area (Å²) in [6, 6.07) is 0.143. The Kier molecular flexibility index (Phi) is 4.00. The van der Waals surface area contributed by atoms with E-state index < -0.39 is 0 Å². The number of hydrogen-bond acceptors (Lipinski definition) is 2. The molecule has 1 heterocycles. The van der Waals surface area contributed by atoms with Crippen LogP contribution in [0.3, 0.4) is 0 Å². The molecule has 0 aliphatic carbocycles. The van der Waals surface area contributed by atoms with Crippen molar-refractivity contribution in [1.82, 2.24) is 4.90 Å². The summed E-state index contributed by atoms with van der Waals surface area (Å²) < 4.78 is 0. The average Bonchev–Trinajstić information content (AvgIpc) is 2.18. The van der Waals surface area contributed by atoms with E-state index in [1.807, 2.05) is 11.8 Å². The van der Waals surface area contributed by atoms with Crippen LogP contribution in [0.2, 0.25) is 0 Å². The number of likely N-dealkylation sites (tertiary alicyclic amines) is 1. The number of carbonyl (C=O) groups is 1. The molecular formula is C13H26N2O. The lowest BCUT2D eigenvalue weighted by molar-refractivity contribution is -0.140. The van der Waals surface area contributed by atoms with E-state index in [2.05, 4.69) is 27.7 Å². The molecule has 0 bridgehead atoms. The van der Waals surface area contributed by atoms with E-state index in [0.717, 1.165) is 19.5 Å². The van der Waals surface area contributed by atoms with Gasteiger partial charge >= 0.3 is 0 Å². The highest BCUT2D eigenvalue weighted by atomic mass is 16.2. The van der Waals surface area contributed by atoms with Crippen molar-refractivity contribution in [3.8, 4) is 0 Å². The third-order valence-electron chi connectivity index (χ3n) is 4.00. The molecule has 1 rings (SSSR count). The Morgan fingerprint density at radius 3 is 2.44 bits per heavy atom. The fraction of sp³-hybridized carbons (Fsp3) is 0.923. The van der Waals surface area contributed by atoms with Gasteiger partial charge in [-0.2, -0.15) is 0 Å². The van der Waals surface area contributed by atoms with Gasteiger partial charge in [-0.15, -0.1) is 0 Å². The maximum atomic E-state index is 12.3. The van der Waals surface area contributed by atoms with Gasteiger partial charge in [-0.05, 0) is 17.8 Å². The number of hydrogen-bond donors (Lipinski definition) is 1. The average molecular weight is 226 g/mol. The normalized spacial score (nSPS) is 29.0. The van der Waals surface area contributed by atoms with E-state index >= 15 is 0 Å². The molecule has 1 fully saturated rings. The van der Waals surface area contributed by atoms with Crippen LogP contribution in [0.4, 0.5) is 0 Å². The Bertz CT molecular complexity index is 257. The van der Waals surface area contributed by atoms with Gasteiger partial charge in [0, 0.05) is 25.0 Å². The van der Waals surface area contributed by atoms with Crippen molar-refractivity contribution in [3.05, 3.63) is 0 Å². The third kappa shape index (κ3) is 2.97. The van der Waals surface area contributed by atoms with Crippen molar-refractivity contribution in [3.63, 3.8) is 0 Å². The summed E-state index contributed by atoms with van der Waals surface area (Å²) in [5, 5.41) is 0. The number of carbonyl (C=O) groups excluding carboxylic acids is 1. The summed E-state index contributed by atoms with van der Waals surface area (Å²) in [6.07, 6.45) is 1.03. The molecule has 16 heavy (non-hydrogen) atoms. The molecule has 3 nitrogen and oxygen atoms in total. The zero-order chi connectivity index (χ0) is 12.5. The summed E-state index contributed by atoms with van der Waals surface area (Å²) in [6.45, 7) is 12.1. The summed E-state index contributed by atoms with van der Waals surface area (Å²) in [4.78, 5) is 14.2. The minimum atomic E-state index is 0.0320. The SMILES string of the molecule is CC1CCN(C(=O)C(C)C(C)(C)C)CC1N. The van der Waals surface area contributed by atoms with Gasteiger partial charge in [0.15, 0.2) is 0 Å². The van der Waals surface area contributed by atoms with E-state index in [0.29, 0.717) is 5.92 Å². The van der Waals surface area contributed by atoms with Crippen LogP contribution in [-0.2, 0) is 4.79 Å². The second kappa shape index (κ2) is 4.74. The van der Waals surface area contributed by atoms with Crippen molar-refractivity contribution >= 4 is 5.91 Å². The molecule has 2 N–H and O–H groups in total. The molecule has 1 aliphatic rings. The number of rotatable bonds is 1. The minimum absolute atomic E-state index is 0.0320. The standard InChI is InChI=1S/C13H26N2O/c1-9-6-7-15(8-11(9)14)12(16)10(2)13(3,4)5/h9-11H,6-8,14H2,1-5H3. The first-order valence-electron chi connectivity index (χ1n) is 6.28. The van der Waals surface area contributed by atoms with Crippen molar-refractivity contribution in [2.45, 2.75) is 47.1 Å². The van der Waals surface area contributed by atoms with E-state index in [-0.39, 0.29) is 23.3 Å². The highest BCUT2D eigenvalue weighted by Crippen LogP contribution is 2.28. The van der Waals surface area contributed by atoms with E-state index in [1.165, 1.54) is 0 Å². The van der Waals surface area contributed by atoms with Crippen LogP contribution in [0.15, 0.2) is 0 Å². The molecule has 0 spiro atoms. The molecule has 94 valence electrons. The molecule has 0 radical (unpaired) electrons. The Hall–Kier alpha value is -0.570. The van der Waals surface area contributed by atoms with Crippen LogP contribution < -0.4 is 5.73 Å². The van der Waals surface area contributed by atoms with Crippen molar-refractivity contribution in [2.24, 2.45) is 23.0 Å². The molecule has 0 saturated carbocycles. The van der Waals surface area contributed by atoms with Crippen LogP contribution in [0.25, 0.3) is 0 Å². The van der Waals surface area contributed by atoms with Crippen LogP contribution in [-0.4, -0.2) is 29.9 Å². The summed E-state index contributed by atoms with van der Waals surface area (Å²) in [5.74, 6) is 0.858. The van der Waals surface area contributed by atoms with Gasteiger partial charge in [0.2, 0.25) is 5.91 Å². The molecule has 1 amide bonds. The molecule has 3 unspecified atom stereocenters. The van der Waals surface area contributed by atoms with Gasteiger partial charge in [-0.25, -0.2) is 0 Å². The Morgan fingerprint density at radius 1 is 1.44 bits per heavy atom. The van der Waals surface area contributed by atoms with Crippen molar-refractivity contribution in [1.29, 1.82) is 0 Å². The minimum Gasteiger partial charge on any atom is -0.341 e. The first kappa shape index (κ1) is 13.5. The maximum absolute atomic E-state index is 12.3. The molecule has 3 heteroatoms. The predicted molar refractivity (Wildman–Crippen MR) is 67.0 cm³/mol. The van der Waals surface area contributed by atoms with Gasteiger partial charge in [-0.1, -0.05) is 34.6 Å². The largest absolute Gasteiger partial charge is 0.341 e. The zero-order valence-corrected chi connectivity index (χ0v) is 11.3. The van der Waals surface area contributed by atoms with E-state index in [4.69, 9.17) is 5.73 Å². The topological polar surface area (TPSA) is 46.3 Å². The van der Waals surface area contributed by atoms with E-state index in [9.17, 15) is 4.79 Å². The first-order chi connectivity index (χ1) is 7.23. The smallest absolute Gasteiger partial charge is 0.225 e. The predicted octanol–water partition coefficient (Wildman–Crippen LogP) is 1.86. The summed E-state index contributed by atoms with van der Waals surface area (Å²) in [5.41, 5.74) is 6.05. The van der Waals surface area contributed by atoms with Gasteiger partial charge in [-0.3, -0.25) is 4.79 Å². The number of piperidine rings is 1. The molecule has 0 aromatic carbocycles. The molecule has 1 aliphatic heterocycles. The Morgan fingerprint density at radius 2 is 2.00 bits per heavy atom. The van der Waals surface area contributed by atoms with Crippen LogP contribution >= 0.6 is 0 Å². The lowest BCUT2D eigenvalue weighted by atomic mass is 9.80. The third-order valence-corrected chi connectivity index (χ3v) is 4.00. The Balaban J connectivity index is 2.62. The highest BCUT2D eigenvalue weighted by Gasteiger charge is 2.33. The molecule has 1 saturated heterocycles. The fourth-order valence-electron chi connectivity index (χ4n) is 1.94. The Labute approximate surface area is 99.4 Å². The second-order valence-electron chi connectivity index (χ2n) is 6.30. The van der Waals surface area contributed by atoms with Crippen LogP contribution in [0, 0.1) is 17.3 Å². The van der Waals surface area contributed by atoms with Crippen LogP contribution in [0.5, 0.6) is 0 Å². The summed E-state index contributed by atoms with van der Waals surface area (Å²) in [7, 11) is 0. The number of nitrogens with zero attached hydrogens (tertiary/aromatic N) is 1. The van der Waals surface area contributed by atoms with E-state index in [1.54, 1.807) is 0 Å². The van der Waals surface area contributed by atoms with Gasteiger partial charge in [0.1, 0.15) is 0 Å². The molecule has 0 aromatic heterocycles. The first-order valence-corrected chi connectivity index (χ1v) is 6.28. The van der Waals surface area contributed by atoms with Crippen LogP contribution in [0.1, 0.15) is 41.0 Å². The molecular weight excluding hydrogens is 200 g/mol. The van der Waals surface area contributed by atoms with Crippen molar-refractivity contribution < 1.29 is 4.79 Å². The summed E-state index contributed by atoms with van der Waals surface area (Å²) >= 11 is 0. The molecule has 3 atom stereocenters. The lowest BCUT2D eigenvalue weighted by Gasteiger charge is -2.38. The maximum Gasteiger partial charge on any atom is 0.225 e. The lowest BCUT2D eigenvalue weighted by Crippen LogP contribution is -2.52. The fourth-order valence-corrected chi connectivity index (χ4v) is 1.94. The zero-order valence-electron chi connectivity index (χ0n) is 11.3. The van der Waals surface area contributed by atoms with Gasteiger partial charge in [0.05, 0.1) is 0 Å². The van der Waals surface area contributed by atoms with Gasteiger partial charge < -0.3 is 10.6 Å². The molecule has 0 aromatic rings.